The Hall–Kier alpha value is -1.02. The average molecular weight is 274 g/mol. The number of hydrogen-bond acceptors (Lipinski definition) is 2. The average Bonchev–Trinajstić information content (AvgIpc) is 2.37. The lowest BCUT2D eigenvalue weighted by Gasteiger charge is -2.46. The van der Waals surface area contributed by atoms with Crippen molar-refractivity contribution in [3.8, 4) is 5.75 Å². The van der Waals surface area contributed by atoms with E-state index in [0.29, 0.717) is 6.10 Å². The molecular weight excluding hydrogens is 248 g/mol. The summed E-state index contributed by atoms with van der Waals surface area (Å²) < 4.78 is 12.1. The van der Waals surface area contributed by atoms with Crippen LogP contribution in [0.3, 0.4) is 0 Å². The molecule has 1 saturated carbocycles. The van der Waals surface area contributed by atoms with Gasteiger partial charge in [0.2, 0.25) is 0 Å². The van der Waals surface area contributed by atoms with Crippen LogP contribution in [-0.4, -0.2) is 18.3 Å². The predicted molar refractivity (Wildman–Crippen MR) is 81.3 cm³/mol. The molecule has 1 aliphatic carbocycles. The topological polar surface area (TPSA) is 18.5 Å². The molecule has 110 valence electrons. The first-order valence-corrected chi connectivity index (χ1v) is 7.88. The highest BCUT2D eigenvalue weighted by Gasteiger charge is 2.43. The first kappa shape index (κ1) is 13.9. The van der Waals surface area contributed by atoms with Crippen LogP contribution in [0.2, 0.25) is 0 Å². The van der Waals surface area contributed by atoms with Crippen molar-refractivity contribution in [1.29, 1.82) is 0 Å². The third-order valence-corrected chi connectivity index (χ3v) is 4.74. The number of hydrogen-bond donors (Lipinski definition) is 0. The van der Waals surface area contributed by atoms with Crippen LogP contribution >= 0.6 is 0 Å². The van der Waals surface area contributed by atoms with E-state index in [0.717, 1.165) is 25.2 Å². The van der Waals surface area contributed by atoms with E-state index in [-0.39, 0.29) is 11.0 Å². The molecule has 0 N–H and O–H groups in total. The van der Waals surface area contributed by atoms with Crippen LogP contribution in [-0.2, 0) is 10.2 Å². The fraction of sp³-hybridized carbons (Fsp3) is 0.667. The zero-order valence-electron chi connectivity index (χ0n) is 12.9. The second-order valence-electron chi connectivity index (χ2n) is 7.39. The molecule has 1 unspecified atom stereocenters. The van der Waals surface area contributed by atoms with Crippen LogP contribution in [0.5, 0.6) is 5.75 Å². The second kappa shape index (κ2) is 5.07. The maximum atomic E-state index is 6.17. The van der Waals surface area contributed by atoms with Gasteiger partial charge in [0.25, 0.3) is 0 Å². The van der Waals surface area contributed by atoms with Crippen LogP contribution < -0.4 is 4.74 Å². The summed E-state index contributed by atoms with van der Waals surface area (Å²) in [5.74, 6) is 0.999. The summed E-state index contributed by atoms with van der Waals surface area (Å²) in [5.41, 5.74) is 1.72. The van der Waals surface area contributed by atoms with Crippen molar-refractivity contribution >= 4 is 0 Å². The maximum absolute atomic E-state index is 6.17. The van der Waals surface area contributed by atoms with E-state index in [1.807, 2.05) is 0 Å². The summed E-state index contributed by atoms with van der Waals surface area (Å²) in [5, 5.41) is 0. The van der Waals surface area contributed by atoms with Gasteiger partial charge in [-0.3, -0.25) is 0 Å². The highest BCUT2D eigenvalue weighted by molar-refractivity contribution is 5.31. The predicted octanol–water partition coefficient (Wildman–Crippen LogP) is 4.46. The minimum atomic E-state index is 0.161. The molecule has 3 rings (SSSR count). The van der Waals surface area contributed by atoms with E-state index in [1.54, 1.807) is 0 Å². The van der Waals surface area contributed by atoms with Gasteiger partial charge in [-0.15, -0.1) is 0 Å². The van der Waals surface area contributed by atoms with Crippen LogP contribution in [0.1, 0.15) is 58.4 Å². The van der Waals surface area contributed by atoms with Crippen LogP contribution in [0.15, 0.2) is 24.3 Å². The Labute approximate surface area is 122 Å². The smallest absolute Gasteiger partial charge is 0.119 e. The van der Waals surface area contributed by atoms with Crippen LogP contribution in [0.4, 0.5) is 0 Å². The fourth-order valence-electron chi connectivity index (χ4n) is 3.23. The Kier molecular flexibility index (Phi) is 3.53. The van der Waals surface area contributed by atoms with Gasteiger partial charge in [-0.05, 0) is 42.4 Å². The Morgan fingerprint density at radius 1 is 1.15 bits per heavy atom. The molecule has 2 fully saturated rings. The maximum Gasteiger partial charge on any atom is 0.119 e. The van der Waals surface area contributed by atoms with Crippen molar-refractivity contribution in [3.63, 3.8) is 0 Å². The fourth-order valence-corrected chi connectivity index (χ4v) is 3.23. The van der Waals surface area contributed by atoms with Crippen molar-refractivity contribution in [2.24, 2.45) is 0 Å². The van der Waals surface area contributed by atoms with E-state index >= 15 is 0 Å². The molecule has 2 nitrogen and oxygen atoms in total. The lowest BCUT2D eigenvalue weighted by Crippen LogP contribution is -2.48. The van der Waals surface area contributed by atoms with Crippen LogP contribution in [0, 0.1) is 0 Å². The van der Waals surface area contributed by atoms with Gasteiger partial charge in [-0.25, -0.2) is 0 Å². The lowest BCUT2D eigenvalue weighted by atomic mass is 9.74. The number of ether oxygens (including phenoxy) is 2. The minimum Gasteiger partial charge on any atom is -0.490 e. The van der Waals surface area contributed by atoms with E-state index in [2.05, 4.69) is 45.0 Å². The van der Waals surface area contributed by atoms with E-state index in [1.165, 1.54) is 24.8 Å². The first-order valence-electron chi connectivity index (χ1n) is 7.88. The van der Waals surface area contributed by atoms with Gasteiger partial charge >= 0.3 is 0 Å². The summed E-state index contributed by atoms with van der Waals surface area (Å²) in [6.07, 6.45) is 6.15. The van der Waals surface area contributed by atoms with Gasteiger partial charge < -0.3 is 9.47 Å². The SMILES string of the molecule is CC(C)(C)c1ccc(OC2CCOC3(CCC3)C2)cc1. The quantitative estimate of drug-likeness (QED) is 0.792. The molecule has 1 aromatic rings. The normalized spacial score (nSPS) is 25.2. The summed E-state index contributed by atoms with van der Waals surface area (Å²) in [6, 6.07) is 8.61. The Morgan fingerprint density at radius 2 is 1.85 bits per heavy atom. The number of rotatable bonds is 2. The Balaban J connectivity index is 1.63. The van der Waals surface area contributed by atoms with Gasteiger partial charge in [0, 0.05) is 12.8 Å². The van der Waals surface area contributed by atoms with Gasteiger partial charge in [0.1, 0.15) is 11.9 Å². The highest BCUT2D eigenvalue weighted by atomic mass is 16.5. The highest BCUT2D eigenvalue weighted by Crippen LogP contribution is 2.43. The molecule has 0 amide bonds. The van der Waals surface area contributed by atoms with Crippen molar-refractivity contribution in [2.75, 3.05) is 6.61 Å². The minimum absolute atomic E-state index is 0.161. The van der Waals surface area contributed by atoms with Gasteiger partial charge in [-0.2, -0.15) is 0 Å². The molecule has 0 bridgehead atoms. The van der Waals surface area contributed by atoms with Crippen molar-refractivity contribution < 1.29 is 9.47 Å². The second-order valence-corrected chi connectivity index (χ2v) is 7.39. The molecule has 1 spiro atoms. The third kappa shape index (κ3) is 2.85. The van der Waals surface area contributed by atoms with Gasteiger partial charge in [-0.1, -0.05) is 32.9 Å². The largest absolute Gasteiger partial charge is 0.490 e. The molecule has 1 aromatic carbocycles. The molecule has 1 aliphatic heterocycles. The summed E-state index contributed by atoms with van der Waals surface area (Å²) in [4.78, 5) is 0. The molecule has 1 atom stereocenters. The lowest BCUT2D eigenvalue weighted by molar-refractivity contribution is -0.153. The van der Waals surface area contributed by atoms with E-state index in [9.17, 15) is 0 Å². The third-order valence-electron chi connectivity index (χ3n) is 4.74. The monoisotopic (exact) mass is 274 g/mol. The van der Waals surface area contributed by atoms with E-state index < -0.39 is 0 Å². The standard InChI is InChI=1S/C18H26O2/c1-17(2,3)14-5-7-15(8-6-14)20-16-9-12-19-18(13-16)10-4-11-18/h5-8,16H,4,9-13H2,1-3H3. The van der Waals surface area contributed by atoms with Crippen molar-refractivity contribution in [3.05, 3.63) is 29.8 Å². The molecule has 20 heavy (non-hydrogen) atoms. The first-order chi connectivity index (χ1) is 9.47. The molecule has 2 heteroatoms. The summed E-state index contributed by atoms with van der Waals surface area (Å²) in [6.45, 7) is 7.57. The molecule has 0 aromatic heterocycles. The summed E-state index contributed by atoms with van der Waals surface area (Å²) in [7, 11) is 0. The molecule has 2 aliphatic rings. The van der Waals surface area contributed by atoms with Crippen LogP contribution in [0.25, 0.3) is 0 Å². The number of benzene rings is 1. The molecular formula is C18H26O2. The van der Waals surface area contributed by atoms with Crippen molar-refractivity contribution in [1.82, 2.24) is 0 Å². The molecule has 1 heterocycles. The zero-order chi connectivity index (χ0) is 14.2. The summed E-state index contributed by atoms with van der Waals surface area (Å²) >= 11 is 0. The Morgan fingerprint density at radius 3 is 2.40 bits per heavy atom. The molecule has 0 radical (unpaired) electrons. The van der Waals surface area contributed by atoms with E-state index in [4.69, 9.17) is 9.47 Å². The van der Waals surface area contributed by atoms with Gasteiger partial charge in [0.15, 0.2) is 0 Å². The van der Waals surface area contributed by atoms with Crippen molar-refractivity contribution in [2.45, 2.75) is 70.0 Å². The molecule has 1 saturated heterocycles. The zero-order valence-corrected chi connectivity index (χ0v) is 12.9. The van der Waals surface area contributed by atoms with Gasteiger partial charge in [0.05, 0.1) is 12.2 Å². The Bertz CT molecular complexity index is 451.